The molecule has 0 aromatic carbocycles. The van der Waals surface area contributed by atoms with Crippen molar-refractivity contribution < 1.29 is 28.9 Å². The summed E-state index contributed by atoms with van der Waals surface area (Å²) < 4.78 is 14.0. The lowest BCUT2D eigenvalue weighted by Gasteiger charge is -2.21. The fourth-order valence-electron chi connectivity index (χ4n) is 1.09. The Balaban J connectivity index is 0. The molecule has 2 unspecified atom stereocenters. The molecule has 0 aliphatic carbocycles. The molecule has 138 valence electrons. The molecule has 0 radical (unpaired) electrons. The van der Waals surface area contributed by atoms with Gasteiger partial charge in [0.2, 0.25) is 0 Å². The van der Waals surface area contributed by atoms with Crippen LogP contribution in [0.15, 0.2) is 0 Å². The molecule has 0 saturated carbocycles. The average Bonchev–Trinajstić information content (AvgIpc) is 3.15. The molecule has 2 N–H and O–H groups in total. The van der Waals surface area contributed by atoms with Gasteiger partial charge in [-0.2, -0.15) is 0 Å². The molecule has 7 nitrogen and oxygen atoms in total. The van der Waals surface area contributed by atoms with Gasteiger partial charge in [-0.1, -0.05) is 20.8 Å². The second kappa shape index (κ2) is 11.4. The van der Waals surface area contributed by atoms with Crippen LogP contribution in [0.3, 0.4) is 0 Å². The molecule has 1 saturated heterocycles. The number of aldehydes is 1. The quantitative estimate of drug-likeness (QED) is 0.600. The molecule has 1 rings (SSSR count). The zero-order valence-corrected chi connectivity index (χ0v) is 15.6. The van der Waals surface area contributed by atoms with Crippen LogP contribution in [0.25, 0.3) is 0 Å². The lowest BCUT2D eigenvalue weighted by molar-refractivity contribution is -0.115. The van der Waals surface area contributed by atoms with Crippen LogP contribution >= 0.6 is 0 Å². The number of carbonyl (C=O) groups is 2. The minimum atomic E-state index is -1.13. The maximum absolute atomic E-state index is 11.2. The first-order chi connectivity index (χ1) is 10.4. The summed E-state index contributed by atoms with van der Waals surface area (Å²) in [6.07, 6.45) is -1.13. The maximum atomic E-state index is 11.2. The Hall–Kier alpha value is -1.18. The van der Waals surface area contributed by atoms with Gasteiger partial charge in [0.05, 0.1) is 13.2 Å². The molecule has 1 aliphatic heterocycles. The highest BCUT2D eigenvalue weighted by Crippen LogP contribution is 2.28. The number of rotatable bonds is 4. The predicted octanol–water partition coefficient (Wildman–Crippen LogP) is 1.76. The van der Waals surface area contributed by atoms with E-state index < -0.39 is 23.4 Å². The molecule has 1 heterocycles. The van der Waals surface area contributed by atoms with E-state index in [1.54, 1.807) is 35.0 Å². The van der Waals surface area contributed by atoms with E-state index in [0.717, 1.165) is 5.92 Å². The Kier molecular flexibility index (Phi) is 11.9. The molecule has 0 aromatic heterocycles. The summed E-state index contributed by atoms with van der Waals surface area (Å²) >= 11 is 0. The maximum Gasteiger partial charge on any atom is 0.407 e. The first-order valence-electron chi connectivity index (χ1n) is 7.59. The molecule has 7 heteroatoms. The third-order valence-corrected chi connectivity index (χ3v) is 2.08. The van der Waals surface area contributed by atoms with Crippen LogP contribution in [0.5, 0.6) is 0 Å². The van der Waals surface area contributed by atoms with Crippen molar-refractivity contribution in [3.63, 3.8) is 0 Å². The van der Waals surface area contributed by atoms with Crippen LogP contribution in [-0.2, 0) is 19.0 Å². The second-order valence-electron chi connectivity index (χ2n) is 6.90. The van der Waals surface area contributed by atoms with E-state index in [2.05, 4.69) is 30.8 Å². The Morgan fingerprint density at radius 2 is 1.74 bits per heavy atom. The molecular weight excluding hydrogens is 302 g/mol. The van der Waals surface area contributed by atoms with Crippen LogP contribution in [0.2, 0.25) is 0 Å². The summed E-state index contributed by atoms with van der Waals surface area (Å²) in [7, 11) is 3.25. The van der Waals surface area contributed by atoms with Gasteiger partial charge in [-0.05, 0) is 26.7 Å². The Bertz CT molecular complexity index is 331. The van der Waals surface area contributed by atoms with Crippen LogP contribution in [0.1, 0.15) is 41.5 Å². The number of hydrogen-bond acceptors (Lipinski definition) is 6. The minimum Gasteiger partial charge on any atom is -0.444 e. The van der Waals surface area contributed by atoms with Gasteiger partial charge in [0, 0.05) is 14.2 Å². The summed E-state index contributed by atoms with van der Waals surface area (Å²) in [5.74, 6) is 0.833. The van der Waals surface area contributed by atoms with E-state index in [-0.39, 0.29) is 13.2 Å². The van der Waals surface area contributed by atoms with E-state index >= 15 is 0 Å². The molecule has 0 spiro atoms. The lowest BCUT2D eigenvalue weighted by atomic mass is 10.1. The van der Waals surface area contributed by atoms with Crippen LogP contribution in [-0.4, -0.2) is 62.2 Å². The molecule has 1 aliphatic rings. The van der Waals surface area contributed by atoms with Crippen molar-refractivity contribution in [3.05, 3.63) is 0 Å². The topological polar surface area (TPSA) is 97.4 Å². The van der Waals surface area contributed by atoms with Crippen molar-refractivity contribution in [2.24, 2.45) is 5.92 Å². The van der Waals surface area contributed by atoms with Gasteiger partial charge in [-0.15, -0.1) is 0 Å². The Morgan fingerprint density at radius 1 is 1.35 bits per heavy atom. The van der Waals surface area contributed by atoms with E-state index in [0.29, 0.717) is 6.29 Å². The van der Waals surface area contributed by atoms with Crippen molar-refractivity contribution in [2.45, 2.75) is 58.8 Å². The summed E-state index contributed by atoms with van der Waals surface area (Å²) in [5.41, 5.74) is -1.72. The van der Waals surface area contributed by atoms with Crippen molar-refractivity contribution in [2.75, 3.05) is 27.4 Å². The Labute approximate surface area is 139 Å². The largest absolute Gasteiger partial charge is 0.444 e. The molecule has 1 amide bonds. The number of ether oxygens (including phenoxy) is 3. The van der Waals surface area contributed by atoms with Gasteiger partial charge in [-0.3, -0.25) is 4.79 Å². The summed E-state index contributed by atoms with van der Waals surface area (Å²) in [6, 6.07) is 0. The highest BCUT2D eigenvalue weighted by molar-refractivity contribution is 5.69. The van der Waals surface area contributed by atoms with Crippen LogP contribution in [0.4, 0.5) is 4.79 Å². The van der Waals surface area contributed by atoms with Crippen molar-refractivity contribution in [1.29, 1.82) is 0 Å². The van der Waals surface area contributed by atoms with Gasteiger partial charge < -0.3 is 24.6 Å². The van der Waals surface area contributed by atoms with Gasteiger partial charge >= 0.3 is 6.09 Å². The molecular formula is C16H33NO6. The number of carbonyl (C=O) groups excluding carboxylic acids is 2. The standard InChI is InChI=1S/C10H17NO5.C4H10.C2H6O/c1-9(2,3)16-8(14)11-4-7(13)10(5-12)6-15-10;1-4(2)3;1-3-2/h5,7,13H,4,6H2,1-3H3,(H,11,14);4H,1-3H3;1-2H3. The fraction of sp³-hybridized carbons (Fsp3) is 0.875. The summed E-state index contributed by atoms with van der Waals surface area (Å²) in [6.45, 7) is 11.8. The predicted molar refractivity (Wildman–Crippen MR) is 88.4 cm³/mol. The monoisotopic (exact) mass is 335 g/mol. The highest BCUT2D eigenvalue weighted by Gasteiger charge is 2.51. The molecule has 0 aromatic rings. The zero-order valence-electron chi connectivity index (χ0n) is 15.6. The first kappa shape index (κ1) is 24.1. The number of methoxy groups -OCH3 is 1. The van der Waals surface area contributed by atoms with Gasteiger partial charge in [-0.25, -0.2) is 4.79 Å². The normalized spacial score (nSPS) is 20.3. The van der Waals surface area contributed by atoms with Gasteiger partial charge in [0.25, 0.3) is 0 Å². The summed E-state index contributed by atoms with van der Waals surface area (Å²) in [4.78, 5) is 21.8. The third-order valence-electron chi connectivity index (χ3n) is 2.08. The molecule has 0 bridgehead atoms. The average molecular weight is 335 g/mol. The second-order valence-corrected chi connectivity index (χ2v) is 6.90. The number of aliphatic hydroxyl groups is 1. The molecule has 2 atom stereocenters. The van der Waals surface area contributed by atoms with Gasteiger partial charge in [0.1, 0.15) is 11.7 Å². The van der Waals surface area contributed by atoms with Crippen molar-refractivity contribution in [3.8, 4) is 0 Å². The lowest BCUT2D eigenvalue weighted by Crippen LogP contribution is -2.43. The SMILES string of the molecule is CC(C)(C)OC(=O)NCC(O)C1(C=O)CO1.CC(C)C.COC. The van der Waals surface area contributed by atoms with E-state index in [9.17, 15) is 14.7 Å². The minimum absolute atomic E-state index is 0.0757. The molecule has 23 heavy (non-hydrogen) atoms. The van der Waals surface area contributed by atoms with Gasteiger partial charge in [0.15, 0.2) is 11.9 Å². The zero-order chi connectivity index (χ0) is 18.7. The first-order valence-corrected chi connectivity index (χ1v) is 7.59. The van der Waals surface area contributed by atoms with Crippen molar-refractivity contribution >= 4 is 12.4 Å². The number of aliphatic hydroxyl groups excluding tert-OH is 1. The van der Waals surface area contributed by atoms with E-state index in [1.165, 1.54) is 0 Å². The van der Waals surface area contributed by atoms with E-state index in [4.69, 9.17) is 9.47 Å². The summed E-state index contributed by atoms with van der Waals surface area (Å²) in [5, 5.41) is 11.9. The number of amides is 1. The van der Waals surface area contributed by atoms with Crippen LogP contribution in [0, 0.1) is 5.92 Å². The number of hydrogen-bond donors (Lipinski definition) is 2. The Morgan fingerprint density at radius 3 is 2.00 bits per heavy atom. The van der Waals surface area contributed by atoms with E-state index in [1.807, 2.05) is 0 Å². The number of epoxide rings is 1. The van der Waals surface area contributed by atoms with Crippen LogP contribution < -0.4 is 5.32 Å². The molecule has 1 fully saturated rings. The van der Waals surface area contributed by atoms with Crippen molar-refractivity contribution in [1.82, 2.24) is 5.32 Å². The number of alkyl carbamates (subject to hydrolysis) is 1. The fourth-order valence-corrected chi connectivity index (χ4v) is 1.09. The third kappa shape index (κ3) is 14.2. The highest BCUT2D eigenvalue weighted by atomic mass is 16.6. The number of nitrogens with one attached hydrogen (secondary N) is 1. The smallest absolute Gasteiger partial charge is 0.407 e.